The van der Waals surface area contributed by atoms with E-state index in [4.69, 9.17) is 9.15 Å². The zero-order valence-corrected chi connectivity index (χ0v) is 12.2. The van der Waals surface area contributed by atoms with Crippen molar-refractivity contribution in [3.8, 4) is 0 Å². The Hall–Kier alpha value is -1.78. The molecule has 1 aliphatic rings. The van der Waals surface area contributed by atoms with Crippen LogP contribution in [0.1, 0.15) is 18.2 Å². The highest BCUT2D eigenvalue weighted by Gasteiger charge is 2.26. The predicted molar refractivity (Wildman–Crippen MR) is 81.3 cm³/mol. The van der Waals surface area contributed by atoms with E-state index in [1.807, 2.05) is 18.2 Å². The number of aliphatic hydroxyl groups excluding tert-OH is 1. The number of rotatable bonds is 6. The van der Waals surface area contributed by atoms with Crippen LogP contribution >= 0.6 is 0 Å². The number of ether oxygens (including phenoxy) is 1. The van der Waals surface area contributed by atoms with E-state index in [1.54, 1.807) is 6.26 Å². The van der Waals surface area contributed by atoms with E-state index in [0.717, 1.165) is 12.2 Å². The average Bonchev–Trinajstić information content (AvgIpc) is 3.08. The summed E-state index contributed by atoms with van der Waals surface area (Å²) in [5.74, 6) is 0.780. The molecule has 112 valence electrons. The fourth-order valence-corrected chi connectivity index (χ4v) is 2.88. The van der Waals surface area contributed by atoms with Crippen molar-refractivity contribution in [3.05, 3.63) is 54.0 Å². The van der Waals surface area contributed by atoms with Crippen LogP contribution in [0.15, 0.2) is 47.1 Å². The molecular formula is C17H21NO3. The highest BCUT2D eigenvalue weighted by molar-refractivity contribution is 5.59. The van der Waals surface area contributed by atoms with E-state index in [-0.39, 0.29) is 0 Å². The molecule has 0 unspecified atom stereocenters. The van der Waals surface area contributed by atoms with Gasteiger partial charge in [0.25, 0.3) is 0 Å². The van der Waals surface area contributed by atoms with Gasteiger partial charge in [-0.05, 0) is 37.1 Å². The molecule has 4 nitrogen and oxygen atoms in total. The van der Waals surface area contributed by atoms with Crippen LogP contribution in [-0.4, -0.2) is 30.4 Å². The minimum Gasteiger partial charge on any atom is -0.467 e. The minimum absolute atomic E-state index is 0.312. The Balaban J connectivity index is 1.51. The second kappa shape index (κ2) is 6.33. The van der Waals surface area contributed by atoms with E-state index in [0.29, 0.717) is 25.8 Å². The number of anilines is 1. The predicted octanol–water partition coefficient (Wildman–Crippen LogP) is 2.61. The molecule has 1 N–H and O–H groups in total. The molecule has 1 aromatic carbocycles. The maximum absolute atomic E-state index is 10.2. The van der Waals surface area contributed by atoms with Crippen molar-refractivity contribution >= 4 is 5.69 Å². The van der Waals surface area contributed by atoms with Crippen LogP contribution < -0.4 is 4.90 Å². The second-order valence-electron chi connectivity index (χ2n) is 5.58. The molecule has 3 rings (SSSR count). The van der Waals surface area contributed by atoms with Crippen LogP contribution in [-0.2, 0) is 17.8 Å². The van der Waals surface area contributed by atoms with E-state index in [9.17, 15) is 5.11 Å². The number of hydrogen-bond acceptors (Lipinski definition) is 4. The van der Waals surface area contributed by atoms with Gasteiger partial charge in [0.2, 0.25) is 0 Å². The van der Waals surface area contributed by atoms with Crippen molar-refractivity contribution in [2.45, 2.75) is 32.1 Å². The van der Waals surface area contributed by atoms with Gasteiger partial charge in [0.1, 0.15) is 12.4 Å². The zero-order valence-electron chi connectivity index (χ0n) is 12.2. The molecule has 0 saturated carbocycles. The third-order valence-electron chi connectivity index (χ3n) is 3.89. The van der Waals surface area contributed by atoms with Crippen LogP contribution in [0.5, 0.6) is 0 Å². The number of aliphatic hydroxyl groups is 1. The van der Waals surface area contributed by atoms with Gasteiger partial charge in [0.15, 0.2) is 0 Å². The van der Waals surface area contributed by atoms with Gasteiger partial charge in [0, 0.05) is 18.3 Å². The highest BCUT2D eigenvalue weighted by Crippen LogP contribution is 2.31. The standard InChI is InChI=1S/C17H21NO3/c1-13-9-14-5-2-3-7-17(14)18(13)10-15(19)11-20-12-16-6-4-8-21-16/h2-8,13,15,19H,9-12H2,1H3/t13-,15-/m1/s1. The van der Waals surface area contributed by atoms with Gasteiger partial charge in [-0.15, -0.1) is 0 Å². The van der Waals surface area contributed by atoms with Crippen molar-refractivity contribution in [3.63, 3.8) is 0 Å². The zero-order chi connectivity index (χ0) is 14.7. The SMILES string of the molecule is C[C@@H]1Cc2ccccc2N1C[C@@H](O)COCc1ccco1. The van der Waals surface area contributed by atoms with Crippen molar-refractivity contribution in [1.82, 2.24) is 0 Å². The molecule has 0 spiro atoms. The number of benzene rings is 1. The van der Waals surface area contributed by atoms with Crippen LogP contribution in [0.2, 0.25) is 0 Å². The van der Waals surface area contributed by atoms with Gasteiger partial charge < -0.3 is 19.2 Å². The number of furan rings is 1. The Morgan fingerprint density at radius 1 is 1.33 bits per heavy atom. The van der Waals surface area contributed by atoms with E-state index < -0.39 is 6.10 Å². The third kappa shape index (κ3) is 3.28. The molecule has 0 radical (unpaired) electrons. The molecule has 0 bridgehead atoms. The minimum atomic E-state index is -0.506. The Morgan fingerprint density at radius 3 is 3.00 bits per heavy atom. The van der Waals surface area contributed by atoms with Crippen LogP contribution in [0.3, 0.4) is 0 Å². The van der Waals surface area contributed by atoms with Crippen LogP contribution in [0.4, 0.5) is 5.69 Å². The Kier molecular flexibility index (Phi) is 4.27. The fraction of sp³-hybridized carbons (Fsp3) is 0.412. The van der Waals surface area contributed by atoms with Gasteiger partial charge in [-0.1, -0.05) is 18.2 Å². The second-order valence-corrected chi connectivity index (χ2v) is 5.58. The topological polar surface area (TPSA) is 45.8 Å². The molecule has 1 aromatic heterocycles. The number of nitrogens with zero attached hydrogens (tertiary/aromatic N) is 1. The molecular weight excluding hydrogens is 266 g/mol. The summed E-state index contributed by atoms with van der Waals surface area (Å²) in [5, 5.41) is 10.2. The number of hydrogen-bond donors (Lipinski definition) is 1. The first-order chi connectivity index (χ1) is 10.2. The van der Waals surface area contributed by atoms with Gasteiger partial charge >= 0.3 is 0 Å². The smallest absolute Gasteiger partial charge is 0.129 e. The van der Waals surface area contributed by atoms with Crippen molar-refractivity contribution < 1.29 is 14.3 Å². The van der Waals surface area contributed by atoms with Crippen LogP contribution in [0.25, 0.3) is 0 Å². The Bertz CT molecular complexity index is 567. The summed E-state index contributed by atoms with van der Waals surface area (Å²) in [6, 6.07) is 12.5. The summed E-state index contributed by atoms with van der Waals surface area (Å²) in [7, 11) is 0. The quantitative estimate of drug-likeness (QED) is 0.887. The number of fused-ring (bicyclic) bond motifs is 1. The molecule has 2 heterocycles. The van der Waals surface area contributed by atoms with Crippen molar-refractivity contribution in [2.24, 2.45) is 0 Å². The Morgan fingerprint density at radius 2 is 2.19 bits per heavy atom. The largest absolute Gasteiger partial charge is 0.467 e. The lowest BCUT2D eigenvalue weighted by molar-refractivity contribution is 0.0251. The van der Waals surface area contributed by atoms with Crippen molar-refractivity contribution in [2.75, 3.05) is 18.1 Å². The van der Waals surface area contributed by atoms with Crippen molar-refractivity contribution in [1.29, 1.82) is 0 Å². The van der Waals surface area contributed by atoms with Gasteiger partial charge in [0.05, 0.1) is 19.0 Å². The molecule has 4 heteroatoms. The summed E-state index contributed by atoms with van der Waals surface area (Å²) in [6.07, 6.45) is 2.15. The number of β-amino-alcohol motifs (C(OH)–C–C–N with tert-alkyl or cyclic N) is 1. The first-order valence-electron chi connectivity index (χ1n) is 7.37. The first-order valence-corrected chi connectivity index (χ1v) is 7.37. The first kappa shape index (κ1) is 14.2. The molecule has 2 atom stereocenters. The molecule has 0 fully saturated rings. The molecule has 0 aliphatic carbocycles. The van der Waals surface area contributed by atoms with Crippen LogP contribution in [0, 0.1) is 0 Å². The van der Waals surface area contributed by atoms with E-state index in [1.165, 1.54) is 11.3 Å². The fourth-order valence-electron chi connectivity index (χ4n) is 2.88. The highest BCUT2D eigenvalue weighted by atomic mass is 16.5. The van der Waals surface area contributed by atoms with Gasteiger partial charge in [-0.3, -0.25) is 0 Å². The maximum atomic E-state index is 10.2. The monoisotopic (exact) mass is 287 g/mol. The molecule has 0 amide bonds. The maximum Gasteiger partial charge on any atom is 0.129 e. The summed E-state index contributed by atoms with van der Waals surface area (Å²) in [6.45, 7) is 3.50. The average molecular weight is 287 g/mol. The molecule has 21 heavy (non-hydrogen) atoms. The van der Waals surface area contributed by atoms with E-state index in [2.05, 4.69) is 30.0 Å². The summed E-state index contributed by atoms with van der Waals surface area (Å²) in [4.78, 5) is 2.26. The number of para-hydroxylation sites is 1. The summed E-state index contributed by atoms with van der Waals surface area (Å²) < 4.78 is 10.7. The lowest BCUT2D eigenvalue weighted by Gasteiger charge is -2.27. The van der Waals surface area contributed by atoms with Gasteiger partial charge in [-0.25, -0.2) is 0 Å². The Labute approximate surface area is 124 Å². The van der Waals surface area contributed by atoms with Gasteiger partial charge in [-0.2, -0.15) is 0 Å². The normalized spacial score (nSPS) is 18.8. The lowest BCUT2D eigenvalue weighted by Crippen LogP contribution is -2.38. The third-order valence-corrected chi connectivity index (χ3v) is 3.89. The lowest BCUT2D eigenvalue weighted by atomic mass is 10.1. The molecule has 2 aromatic rings. The molecule has 0 saturated heterocycles. The van der Waals surface area contributed by atoms with E-state index >= 15 is 0 Å². The summed E-state index contributed by atoms with van der Waals surface area (Å²) in [5.41, 5.74) is 2.59. The summed E-state index contributed by atoms with van der Waals surface area (Å²) >= 11 is 0. The molecule has 1 aliphatic heterocycles.